The highest BCUT2D eigenvalue weighted by Crippen LogP contribution is 2.31. The zero-order valence-electron chi connectivity index (χ0n) is 14.1. The smallest absolute Gasteiger partial charge is 0.244 e. The van der Waals surface area contributed by atoms with Gasteiger partial charge in [-0.25, -0.2) is 4.68 Å². The fourth-order valence-electron chi connectivity index (χ4n) is 3.66. The van der Waals surface area contributed by atoms with Crippen LogP contribution in [0.5, 0.6) is 0 Å². The van der Waals surface area contributed by atoms with Crippen LogP contribution in [0.15, 0.2) is 23.2 Å². The number of likely N-dealkylation sites (tertiary alicyclic amines) is 1. The summed E-state index contributed by atoms with van der Waals surface area (Å²) in [5, 5.41) is 15.2. The normalized spacial score (nSPS) is 20.9. The number of hydrogen-bond acceptors (Lipinski definition) is 7. The van der Waals surface area contributed by atoms with Crippen LogP contribution in [0.4, 0.5) is 0 Å². The maximum atomic E-state index is 12.4. The molecule has 0 radical (unpaired) electrons. The number of carbonyl (C=O) groups excluding carboxylic acids is 1. The lowest BCUT2D eigenvalue weighted by molar-refractivity contribution is -0.151. The number of carbonyl (C=O) groups is 1. The predicted octanol–water partition coefficient (Wildman–Crippen LogP) is 0.628. The molecule has 0 aliphatic carbocycles. The monoisotopic (exact) mass is 362 g/mol. The summed E-state index contributed by atoms with van der Waals surface area (Å²) in [6.07, 6.45) is 3.23. The number of thiophene rings is 1. The zero-order valence-corrected chi connectivity index (χ0v) is 14.9. The van der Waals surface area contributed by atoms with Crippen molar-refractivity contribution in [1.29, 1.82) is 0 Å². The van der Waals surface area contributed by atoms with Crippen molar-refractivity contribution in [3.8, 4) is 0 Å². The van der Waals surface area contributed by atoms with E-state index in [1.165, 1.54) is 16.6 Å². The van der Waals surface area contributed by atoms with Crippen molar-refractivity contribution in [2.75, 3.05) is 32.8 Å². The third-order valence-electron chi connectivity index (χ3n) is 5.03. The molecule has 8 nitrogen and oxygen atoms in total. The molecule has 4 heterocycles. The summed E-state index contributed by atoms with van der Waals surface area (Å²) >= 11 is 1.74. The van der Waals surface area contributed by atoms with Crippen LogP contribution in [0.2, 0.25) is 0 Å². The molecule has 0 atom stereocenters. The second-order valence-corrected chi connectivity index (χ2v) is 7.54. The van der Waals surface area contributed by atoms with Gasteiger partial charge in [0, 0.05) is 32.7 Å². The molecule has 0 N–H and O–H groups in total. The molecule has 2 fully saturated rings. The van der Waals surface area contributed by atoms with Gasteiger partial charge in [-0.15, -0.1) is 5.10 Å². The van der Waals surface area contributed by atoms with Crippen molar-refractivity contribution in [2.24, 2.45) is 0 Å². The van der Waals surface area contributed by atoms with E-state index in [1.807, 2.05) is 4.90 Å². The van der Waals surface area contributed by atoms with E-state index in [0.717, 1.165) is 52.2 Å². The standard InChI is InChI=1S/C16H22N6O2S/c23-15(10-22-13-17-18-19-22)21-4-2-16(3-5-21)12-20(6-7-24-16)9-14-1-8-25-11-14/h1,8,11,13H,2-7,9-10,12H2. The van der Waals surface area contributed by atoms with Crippen molar-refractivity contribution in [2.45, 2.75) is 31.5 Å². The molecule has 2 aromatic rings. The lowest BCUT2D eigenvalue weighted by Crippen LogP contribution is -2.57. The SMILES string of the molecule is O=C(Cn1cnnn1)N1CCC2(CC1)CN(Cc1ccsc1)CCO2. The summed E-state index contributed by atoms with van der Waals surface area (Å²) < 4.78 is 7.64. The highest BCUT2D eigenvalue weighted by atomic mass is 32.1. The molecule has 0 unspecified atom stereocenters. The summed E-state index contributed by atoms with van der Waals surface area (Å²) in [7, 11) is 0. The minimum Gasteiger partial charge on any atom is -0.372 e. The molecule has 2 saturated heterocycles. The van der Waals surface area contributed by atoms with Gasteiger partial charge < -0.3 is 9.64 Å². The predicted molar refractivity (Wildman–Crippen MR) is 91.9 cm³/mol. The highest BCUT2D eigenvalue weighted by molar-refractivity contribution is 7.07. The number of amides is 1. The van der Waals surface area contributed by atoms with Gasteiger partial charge in [-0.3, -0.25) is 9.69 Å². The third-order valence-corrected chi connectivity index (χ3v) is 5.76. The number of tetrazole rings is 1. The Bertz CT molecular complexity index is 682. The molecule has 2 aromatic heterocycles. The van der Waals surface area contributed by atoms with Crippen LogP contribution in [-0.2, 0) is 22.6 Å². The van der Waals surface area contributed by atoms with Crippen LogP contribution in [0.1, 0.15) is 18.4 Å². The molecule has 2 aliphatic heterocycles. The molecular formula is C16H22N6O2S. The molecule has 2 aliphatic rings. The molecule has 134 valence electrons. The summed E-state index contributed by atoms with van der Waals surface area (Å²) in [5.74, 6) is 0.0630. The summed E-state index contributed by atoms with van der Waals surface area (Å²) in [5.41, 5.74) is 1.26. The number of hydrogen-bond donors (Lipinski definition) is 0. The van der Waals surface area contributed by atoms with Crippen LogP contribution < -0.4 is 0 Å². The van der Waals surface area contributed by atoms with Crippen LogP contribution >= 0.6 is 11.3 Å². The zero-order chi connectivity index (χ0) is 17.1. The van der Waals surface area contributed by atoms with Crippen LogP contribution in [0, 0.1) is 0 Å². The Labute approximate surface area is 150 Å². The Morgan fingerprint density at radius 2 is 2.20 bits per heavy atom. The number of morpholine rings is 1. The largest absolute Gasteiger partial charge is 0.372 e. The maximum Gasteiger partial charge on any atom is 0.244 e. The van der Waals surface area contributed by atoms with E-state index in [-0.39, 0.29) is 18.1 Å². The van der Waals surface area contributed by atoms with E-state index in [2.05, 4.69) is 37.3 Å². The maximum absolute atomic E-state index is 12.4. The second kappa shape index (κ2) is 7.19. The summed E-state index contributed by atoms with van der Waals surface area (Å²) in [6, 6.07) is 2.19. The quantitative estimate of drug-likeness (QED) is 0.794. The first-order valence-electron chi connectivity index (χ1n) is 8.58. The molecule has 0 aromatic carbocycles. The third kappa shape index (κ3) is 3.88. The lowest BCUT2D eigenvalue weighted by Gasteiger charge is -2.47. The molecule has 0 saturated carbocycles. The summed E-state index contributed by atoms with van der Waals surface area (Å²) in [4.78, 5) is 16.7. The average molecular weight is 362 g/mol. The van der Waals surface area contributed by atoms with Crippen molar-refractivity contribution < 1.29 is 9.53 Å². The second-order valence-electron chi connectivity index (χ2n) is 6.76. The van der Waals surface area contributed by atoms with Gasteiger partial charge in [0.1, 0.15) is 12.9 Å². The molecular weight excluding hydrogens is 340 g/mol. The van der Waals surface area contributed by atoms with Crippen molar-refractivity contribution in [3.05, 3.63) is 28.7 Å². The first kappa shape index (κ1) is 16.6. The fourth-order valence-corrected chi connectivity index (χ4v) is 4.32. The Balaban J connectivity index is 1.31. The number of rotatable bonds is 4. The van der Waals surface area contributed by atoms with E-state index >= 15 is 0 Å². The van der Waals surface area contributed by atoms with Crippen LogP contribution in [0.3, 0.4) is 0 Å². The molecule has 1 spiro atoms. The first-order valence-corrected chi connectivity index (χ1v) is 9.53. The molecule has 25 heavy (non-hydrogen) atoms. The molecule has 9 heteroatoms. The van der Waals surface area contributed by atoms with E-state index in [9.17, 15) is 4.79 Å². The molecule has 1 amide bonds. The molecule has 0 bridgehead atoms. The molecule has 4 rings (SSSR count). The average Bonchev–Trinajstić information content (AvgIpc) is 3.30. The van der Waals surface area contributed by atoms with Gasteiger partial charge in [0.05, 0.1) is 12.2 Å². The van der Waals surface area contributed by atoms with Gasteiger partial charge >= 0.3 is 0 Å². The van der Waals surface area contributed by atoms with Crippen molar-refractivity contribution in [1.82, 2.24) is 30.0 Å². The van der Waals surface area contributed by atoms with E-state index in [0.29, 0.717) is 0 Å². The minimum atomic E-state index is -0.111. The Morgan fingerprint density at radius 3 is 2.92 bits per heavy atom. The van der Waals surface area contributed by atoms with Gasteiger partial charge in [0.15, 0.2) is 0 Å². The van der Waals surface area contributed by atoms with Gasteiger partial charge in [-0.1, -0.05) is 0 Å². The number of nitrogens with zero attached hydrogens (tertiary/aromatic N) is 6. The van der Waals surface area contributed by atoms with Gasteiger partial charge in [0.2, 0.25) is 5.91 Å². The highest BCUT2D eigenvalue weighted by Gasteiger charge is 2.40. The van der Waals surface area contributed by atoms with E-state index < -0.39 is 0 Å². The van der Waals surface area contributed by atoms with E-state index in [1.54, 1.807) is 11.3 Å². The Morgan fingerprint density at radius 1 is 1.32 bits per heavy atom. The van der Waals surface area contributed by atoms with Crippen molar-refractivity contribution >= 4 is 17.2 Å². The van der Waals surface area contributed by atoms with Crippen LogP contribution in [0.25, 0.3) is 0 Å². The lowest BCUT2D eigenvalue weighted by atomic mass is 9.89. The summed E-state index contributed by atoms with van der Waals surface area (Å²) in [6.45, 7) is 5.32. The Hall–Kier alpha value is -1.84. The number of piperidine rings is 1. The Kier molecular flexibility index (Phi) is 4.78. The number of aromatic nitrogens is 4. The van der Waals surface area contributed by atoms with Gasteiger partial charge in [-0.2, -0.15) is 11.3 Å². The first-order chi connectivity index (χ1) is 12.2. The topological polar surface area (TPSA) is 76.4 Å². The van der Waals surface area contributed by atoms with Crippen LogP contribution in [-0.4, -0.2) is 74.3 Å². The number of ether oxygens (including phenoxy) is 1. The fraction of sp³-hybridized carbons (Fsp3) is 0.625. The van der Waals surface area contributed by atoms with Gasteiger partial charge in [-0.05, 0) is 45.7 Å². The minimum absolute atomic E-state index is 0.0630. The van der Waals surface area contributed by atoms with E-state index in [4.69, 9.17) is 4.74 Å². The van der Waals surface area contributed by atoms with Crippen molar-refractivity contribution in [3.63, 3.8) is 0 Å². The van der Waals surface area contributed by atoms with Gasteiger partial charge in [0.25, 0.3) is 0 Å².